The van der Waals surface area contributed by atoms with E-state index < -0.39 is 5.60 Å². The van der Waals surface area contributed by atoms with Gasteiger partial charge in [-0.2, -0.15) is 0 Å². The second kappa shape index (κ2) is 4.57. The summed E-state index contributed by atoms with van der Waals surface area (Å²) in [6.07, 6.45) is 3.22. The normalized spacial score (nSPS) is 19.6. The summed E-state index contributed by atoms with van der Waals surface area (Å²) in [7, 11) is 0. The lowest BCUT2D eigenvalue weighted by Crippen LogP contribution is -2.44. The minimum atomic E-state index is -0.677. The molecule has 1 aliphatic rings. The van der Waals surface area contributed by atoms with Gasteiger partial charge in [0.1, 0.15) is 5.15 Å². The Bertz CT molecular complexity index is 423. The highest BCUT2D eigenvalue weighted by atomic mass is 35.5. The van der Waals surface area contributed by atoms with Gasteiger partial charge in [0.2, 0.25) is 0 Å². The first-order valence-corrected chi connectivity index (χ1v) is 5.81. The third-order valence-corrected chi connectivity index (χ3v) is 3.31. The van der Waals surface area contributed by atoms with Crippen molar-refractivity contribution in [1.29, 1.82) is 5.41 Å². The molecular weight excluding hydrogens is 226 g/mol. The number of aromatic nitrogens is 1. The summed E-state index contributed by atoms with van der Waals surface area (Å²) < 4.78 is 1.80. The molecule has 4 nitrogen and oxygen atoms in total. The molecule has 0 aliphatic carbocycles. The van der Waals surface area contributed by atoms with E-state index in [4.69, 9.17) is 17.0 Å². The Labute approximate surface area is 99.4 Å². The fourth-order valence-electron chi connectivity index (χ4n) is 2.00. The lowest BCUT2D eigenvalue weighted by Gasteiger charge is -2.33. The molecule has 2 heterocycles. The number of nitrogens with one attached hydrogen (secondary N) is 2. The van der Waals surface area contributed by atoms with Crippen molar-refractivity contribution in [3.05, 3.63) is 28.8 Å². The first-order valence-electron chi connectivity index (χ1n) is 5.43. The Hall–Kier alpha value is -0.840. The minimum Gasteiger partial charge on any atom is -0.388 e. The molecule has 0 amide bonds. The summed E-state index contributed by atoms with van der Waals surface area (Å²) in [5, 5.41) is 21.9. The van der Waals surface area contributed by atoms with E-state index in [0.717, 1.165) is 25.9 Å². The van der Waals surface area contributed by atoms with Crippen molar-refractivity contribution in [3.63, 3.8) is 0 Å². The van der Waals surface area contributed by atoms with Crippen molar-refractivity contribution in [3.8, 4) is 0 Å². The van der Waals surface area contributed by atoms with Gasteiger partial charge in [0.25, 0.3) is 0 Å². The van der Waals surface area contributed by atoms with Crippen LogP contribution in [-0.2, 0) is 6.54 Å². The summed E-state index contributed by atoms with van der Waals surface area (Å²) in [4.78, 5) is 0. The molecule has 0 unspecified atom stereocenters. The molecule has 0 atom stereocenters. The minimum absolute atomic E-state index is 0.388. The predicted molar refractivity (Wildman–Crippen MR) is 62.4 cm³/mol. The van der Waals surface area contributed by atoms with E-state index in [0.29, 0.717) is 17.1 Å². The van der Waals surface area contributed by atoms with E-state index >= 15 is 0 Å². The number of aliphatic hydroxyl groups is 1. The molecule has 0 spiro atoms. The maximum Gasteiger partial charge on any atom is 0.111 e. The van der Waals surface area contributed by atoms with Crippen LogP contribution in [0.4, 0.5) is 0 Å². The molecule has 16 heavy (non-hydrogen) atoms. The smallest absolute Gasteiger partial charge is 0.111 e. The van der Waals surface area contributed by atoms with Crippen molar-refractivity contribution in [2.75, 3.05) is 13.1 Å². The van der Waals surface area contributed by atoms with Gasteiger partial charge in [-0.3, -0.25) is 0 Å². The van der Waals surface area contributed by atoms with Crippen LogP contribution in [0.25, 0.3) is 0 Å². The van der Waals surface area contributed by atoms with Gasteiger partial charge in [-0.25, -0.2) is 0 Å². The Morgan fingerprint density at radius 1 is 1.50 bits per heavy atom. The zero-order valence-corrected chi connectivity index (χ0v) is 9.80. The number of hydrogen-bond donors (Lipinski definition) is 3. The van der Waals surface area contributed by atoms with E-state index in [9.17, 15) is 5.11 Å². The molecule has 88 valence electrons. The van der Waals surface area contributed by atoms with Crippen molar-refractivity contribution < 1.29 is 5.11 Å². The monoisotopic (exact) mass is 241 g/mol. The topological polar surface area (TPSA) is 61.0 Å². The molecule has 1 aromatic rings. The van der Waals surface area contributed by atoms with Crippen LogP contribution in [-0.4, -0.2) is 28.4 Å². The van der Waals surface area contributed by atoms with Gasteiger partial charge in [0.15, 0.2) is 0 Å². The predicted octanol–water partition coefficient (Wildman–Crippen LogP) is 0.735. The van der Waals surface area contributed by atoms with E-state index in [1.165, 1.54) is 0 Å². The second-order valence-electron chi connectivity index (χ2n) is 4.34. The molecule has 5 heteroatoms. The fraction of sp³-hybridized carbons (Fsp3) is 0.545. The first kappa shape index (κ1) is 11.6. The van der Waals surface area contributed by atoms with Gasteiger partial charge in [0.05, 0.1) is 17.5 Å². The Kier molecular flexibility index (Phi) is 3.33. The lowest BCUT2D eigenvalue weighted by atomic mass is 9.92. The van der Waals surface area contributed by atoms with Gasteiger partial charge in [-0.1, -0.05) is 11.6 Å². The summed E-state index contributed by atoms with van der Waals surface area (Å²) in [5.74, 6) is 0. The average molecular weight is 242 g/mol. The molecule has 0 aromatic carbocycles. The van der Waals surface area contributed by atoms with Gasteiger partial charge in [0, 0.05) is 6.20 Å². The van der Waals surface area contributed by atoms with Crippen LogP contribution in [0.1, 0.15) is 12.8 Å². The lowest BCUT2D eigenvalue weighted by molar-refractivity contribution is -0.00542. The molecule has 0 bridgehead atoms. The molecule has 3 N–H and O–H groups in total. The Morgan fingerprint density at radius 3 is 2.81 bits per heavy atom. The SMILES string of the molecule is N=c1ccn(CC2(O)CCNCC2)c(Cl)c1. The molecular formula is C11H16ClN3O. The number of rotatable bonds is 2. The van der Waals surface area contributed by atoms with Crippen LogP contribution in [0.5, 0.6) is 0 Å². The molecule has 1 aliphatic heterocycles. The quantitative estimate of drug-likeness (QED) is 0.669. The Balaban J connectivity index is 2.16. The van der Waals surface area contributed by atoms with Crippen LogP contribution < -0.4 is 10.7 Å². The zero-order valence-electron chi connectivity index (χ0n) is 9.04. The van der Waals surface area contributed by atoms with E-state index in [-0.39, 0.29) is 0 Å². The molecule has 1 fully saturated rings. The second-order valence-corrected chi connectivity index (χ2v) is 4.73. The maximum absolute atomic E-state index is 10.4. The summed E-state index contributed by atoms with van der Waals surface area (Å²) in [6.45, 7) is 2.17. The molecule has 0 radical (unpaired) electrons. The zero-order chi connectivity index (χ0) is 11.6. The Morgan fingerprint density at radius 2 is 2.19 bits per heavy atom. The number of piperidine rings is 1. The molecule has 1 aromatic heterocycles. The third-order valence-electron chi connectivity index (χ3n) is 2.98. The number of hydrogen-bond acceptors (Lipinski definition) is 3. The number of pyridine rings is 1. The summed E-state index contributed by atoms with van der Waals surface area (Å²) in [6, 6.07) is 3.27. The number of nitrogens with zero attached hydrogens (tertiary/aromatic N) is 1. The average Bonchev–Trinajstić information content (AvgIpc) is 2.23. The highest BCUT2D eigenvalue weighted by Gasteiger charge is 2.29. The van der Waals surface area contributed by atoms with Crippen LogP contribution in [0, 0.1) is 5.41 Å². The van der Waals surface area contributed by atoms with E-state index in [1.54, 1.807) is 22.9 Å². The largest absolute Gasteiger partial charge is 0.388 e. The first-order chi connectivity index (χ1) is 7.59. The van der Waals surface area contributed by atoms with Crippen LogP contribution >= 0.6 is 11.6 Å². The maximum atomic E-state index is 10.4. The molecule has 2 rings (SSSR count). The van der Waals surface area contributed by atoms with E-state index in [1.807, 2.05) is 0 Å². The number of halogens is 1. The van der Waals surface area contributed by atoms with Crippen molar-refractivity contribution in [2.45, 2.75) is 25.0 Å². The van der Waals surface area contributed by atoms with Crippen LogP contribution in [0.2, 0.25) is 5.15 Å². The van der Waals surface area contributed by atoms with E-state index in [2.05, 4.69) is 5.32 Å². The summed E-state index contributed by atoms with van der Waals surface area (Å²) in [5.41, 5.74) is -0.677. The standard InChI is InChI=1S/C11H16ClN3O/c12-10-7-9(13)1-6-15(10)8-11(16)2-4-14-5-3-11/h1,6-7,13-14,16H,2-5,8H2. The van der Waals surface area contributed by atoms with Gasteiger partial charge in [-0.05, 0) is 38.1 Å². The van der Waals surface area contributed by atoms with Crippen LogP contribution in [0.15, 0.2) is 18.3 Å². The van der Waals surface area contributed by atoms with Crippen LogP contribution in [0.3, 0.4) is 0 Å². The summed E-state index contributed by atoms with van der Waals surface area (Å²) >= 11 is 6.03. The molecule has 1 saturated heterocycles. The highest BCUT2D eigenvalue weighted by molar-refractivity contribution is 6.29. The molecule has 0 saturated carbocycles. The van der Waals surface area contributed by atoms with Crippen molar-refractivity contribution >= 4 is 11.6 Å². The highest BCUT2D eigenvalue weighted by Crippen LogP contribution is 2.21. The van der Waals surface area contributed by atoms with Gasteiger partial charge >= 0.3 is 0 Å². The third kappa shape index (κ3) is 2.64. The fourth-order valence-corrected chi connectivity index (χ4v) is 2.23. The van der Waals surface area contributed by atoms with Crippen molar-refractivity contribution in [1.82, 2.24) is 9.88 Å². The van der Waals surface area contributed by atoms with Gasteiger partial charge in [-0.15, -0.1) is 0 Å². The van der Waals surface area contributed by atoms with Crippen molar-refractivity contribution in [2.24, 2.45) is 0 Å². The van der Waals surface area contributed by atoms with Gasteiger partial charge < -0.3 is 20.4 Å².